The van der Waals surface area contributed by atoms with Crippen LogP contribution in [-0.2, 0) is 20.7 Å². The zero-order chi connectivity index (χ0) is 20.1. The highest BCUT2D eigenvalue weighted by atomic mass is 16.7. The van der Waals surface area contributed by atoms with Crippen molar-refractivity contribution >= 4 is 11.9 Å². The third-order valence-corrected chi connectivity index (χ3v) is 4.20. The first-order valence-electron chi connectivity index (χ1n) is 8.36. The maximum absolute atomic E-state index is 11.4. The summed E-state index contributed by atoms with van der Waals surface area (Å²) < 4.78 is 11.1. The molecule has 1 amide bonds. The smallest absolute Gasteiger partial charge is 0.320 e. The minimum absolute atomic E-state index is 0.140. The van der Waals surface area contributed by atoms with E-state index in [9.17, 15) is 24.9 Å². The number of rotatable bonds is 7. The molecule has 1 heterocycles. The molecule has 10 heteroatoms. The fraction of sp³-hybridized carbons (Fsp3) is 0.529. The third kappa shape index (κ3) is 5.37. The van der Waals surface area contributed by atoms with Crippen LogP contribution in [0.25, 0.3) is 0 Å². The van der Waals surface area contributed by atoms with Crippen LogP contribution in [-0.4, -0.2) is 75.6 Å². The predicted octanol–water partition coefficient (Wildman–Crippen LogP) is -2.04. The van der Waals surface area contributed by atoms with E-state index in [4.69, 9.17) is 20.3 Å². The summed E-state index contributed by atoms with van der Waals surface area (Å²) in [5.74, 6) is -1.24. The summed E-state index contributed by atoms with van der Waals surface area (Å²) in [5.41, 5.74) is 6.18. The van der Waals surface area contributed by atoms with Gasteiger partial charge in [-0.05, 0) is 24.1 Å². The first kappa shape index (κ1) is 21.1. The molecule has 0 aliphatic carbocycles. The normalized spacial score (nSPS) is 29.0. The molecule has 10 nitrogen and oxygen atoms in total. The molecule has 0 aromatic heterocycles. The Balaban J connectivity index is 2.11. The second-order valence-electron chi connectivity index (χ2n) is 6.34. The molecule has 150 valence electrons. The molecule has 6 atom stereocenters. The molecule has 0 radical (unpaired) electrons. The van der Waals surface area contributed by atoms with Gasteiger partial charge >= 0.3 is 5.97 Å². The monoisotopic (exact) mass is 384 g/mol. The SMILES string of the molecule is CC(=O)N[C@H]1C(Oc2ccc(CC(N)C(=O)O)cc2)O[C@H](CO)[C@@H](O)[C@@H]1O. The van der Waals surface area contributed by atoms with Gasteiger partial charge in [-0.2, -0.15) is 0 Å². The highest BCUT2D eigenvalue weighted by Crippen LogP contribution is 2.25. The number of hydrogen-bond acceptors (Lipinski definition) is 8. The lowest BCUT2D eigenvalue weighted by atomic mass is 9.97. The molecule has 2 unspecified atom stereocenters. The molecule has 1 aliphatic heterocycles. The number of carboxylic acids is 1. The molecule has 1 fully saturated rings. The number of nitrogens with two attached hydrogens (primary N) is 1. The molecule has 2 rings (SSSR count). The molecule has 1 aliphatic rings. The van der Waals surface area contributed by atoms with Crippen LogP contribution in [0.5, 0.6) is 5.75 Å². The summed E-state index contributed by atoms with van der Waals surface area (Å²) >= 11 is 0. The molecular weight excluding hydrogens is 360 g/mol. The van der Waals surface area contributed by atoms with Gasteiger partial charge < -0.3 is 41.0 Å². The maximum Gasteiger partial charge on any atom is 0.320 e. The highest BCUT2D eigenvalue weighted by Gasteiger charge is 2.46. The Morgan fingerprint density at radius 2 is 1.89 bits per heavy atom. The number of benzene rings is 1. The number of aliphatic hydroxyl groups is 3. The molecule has 0 saturated carbocycles. The van der Waals surface area contributed by atoms with Gasteiger partial charge in [0.15, 0.2) is 0 Å². The fourth-order valence-electron chi connectivity index (χ4n) is 2.75. The molecule has 7 N–H and O–H groups in total. The largest absolute Gasteiger partial charge is 0.480 e. The summed E-state index contributed by atoms with van der Waals surface area (Å²) in [6.45, 7) is 0.700. The number of nitrogens with one attached hydrogen (secondary N) is 1. The van der Waals surface area contributed by atoms with E-state index in [1.54, 1.807) is 24.3 Å². The lowest BCUT2D eigenvalue weighted by Crippen LogP contribution is -2.65. The van der Waals surface area contributed by atoms with E-state index in [1.807, 2.05) is 0 Å². The van der Waals surface area contributed by atoms with Crippen molar-refractivity contribution < 1.29 is 39.5 Å². The van der Waals surface area contributed by atoms with Gasteiger partial charge in [0, 0.05) is 6.92 Å². The Morgan fingerprint density at radius 1 is 1.26 bits per heavy atom. The zero-order valence-corrected chi connectivity index (χ0v) is 14.7. The minimum Gasteiger partial charge on any atom is -0.480 e. The standard InChI is InChI=1S/C17H24N2O8/c1-8(21)19-13-15(23)14(22)12(7-20)27-17(13)26-10-4-2-9(3-5-10)6-11(18)16(24)25/h2-5,11-15,17,20,22-23H,6-7,18H2,1H3,(H,19,21)(H,24,25)/t11?,12-,13-,14-,15-,17?/m1/s1. The Morgan fingerprint density at radius 3 is 2.41 bits per heavy atom. The van der Waals surface area contributed by atoms with Gasteiger partial charge in [0.05, 0.1) is 6.61 Å². The van der Waals surface area contributed by atoms with E-state index in [-0.39, 0.29) is 6.42 Å². The molecule has 1 saturated heterocycles. The van der Waals surface area contributed by atoms with Crippen LogP contribution in [0.2, 0.25) is 0 Å². The number of hydrogen-bond donors (Lipinski definition) is 6. The van der Waals surface area contributed by atoms with Gasteiger partial charge in [0.25, 0.3) is 0 Å². The maximum atomic E-state index is 11.4. The number of carboxylic acid groups (broad SMARTS) is 1. The Bertz CT molecular complexity index is 653. The molecule has 1 aromatic carbocycles. The van der Waals surface area contributed by atoms with E-state index in [0.29, 0.717) is 11.3 Å². The summed E-state index contributed by atoms with van der Waals surface area (Å²) in [4.78, 5) is 22.2. The van der Waals surface area contributed by atoms with Crippen LogP contribution in [0.1, 0.15) is 12.5 Å². The van der Waals surface area contributed by atoms with Gasteiger partial charge in [-0.25, -0.2) is 0 Å². The quantitative estimate of drug-likeness (QED) is 0.310. The number of ether oxygens (including phenoxy) is 2. The summed E-state index contributed by atoms with van der Waals surface area (Å²) in [5, 5.41) is 40.8. The summed E-state index contributed by atoms with van der Waals surface area (Å²) in [6, 6.07) is 4.30. The summed E-state index contributed by atoms with van der Waals surface area (Å²) in [6.07, 6.45) is -4.90. The first-order chi connectivity index (χ1) is 12.7. The number of aliphatic hydroxyl groups excluding tert-OH is 3. The Kier molecular flexibility index (Phi) is 7.11. The van der Waals surface area contributed by atoms with Crippen LogP contribution in [0.4, 0.5) is 0 Å². The number of carbonyl (C=O) groups excluding carboxylic acids is 1. The zero-order valence-electron chi connectivity index (χ0n) is 14.7. The van der Waals surface area contributed by atoms with Gasteiger partial charge in [-0.1, -0.05) is 12.1 Å². The molecular formula is C17H24N2O8. The van der Waals surface area contributed by atoms with Gasteiger partial charge in [0.2, 0.25) is 12.2 Å². The molecule has 1 aromatic rings. The molecule has 27 heavy (non-hydrogen) atoms. The lowest BCUT2D eigenvalue weighted by molar-refractivity contribution is -0.244. The van der Waals surface area contributed by atoms with Crippen molar-refractivity contribution in [1.82, 2.24) is 5.32 Å². The van der Waals surface area contributed by atoms with Crippen LogP contribution >= 0.6 is 0 Å². The van der Waals surface area contributed by atoms with Gasteiger partial charge in [-0.15, -0.1) is 0 Å². The van der Waals surface area contributed by atoms with Gasteiger partial charge in [-0.3, -0.25) is 9.59 Å². The highest BCUT2D eigenvalue weighted by molar-refractivity contribution is 5.73. The molecule has 0 bridgehead atoms. The predicted molar refractivity (Wildman–Crippen MR) is 91.8 cm³/mol. The van der Waals surface area contributed by atoms with Crippen molar-refractivity contribution in [3.8, 4) is 5.75 Å². The van der Waals surface area contributed by atoms with Gasteiger partial charge in [0.1, 0.15) is 36.1 Å². The summed E-state index contributed by atoms with van der Waals surface area (Å²) in [7, 11) is 0. The van der Waals surface area contributed by atoms with Crippen molar-refractivity contribution in [1.29, 1.82) is 0 Å². The van der Waals surface area contributed by atoms with Crippen LogP contribution in [0, 0.1) is 0 Å². The van der Waals surface area contributed by atoms with E-state index in [1.165, 1.54) is 6.92 Å². The topological polar surface area (TPSA) is 172 Å². The number of aliphatic carboxylic acids is 1. The van der Waals surface area contributed by atoms with E-state index in [0.717, 1.165) is 0 Å². The molecule has 0 spiro atoms. The van der Waals surface area contributed by atoms with Crippen LogP contribution in [0.3, 0.4) is 0 Å². The van der Waals surface area contributed by atoms with Crippen LogP contribution in [0.15, 0.2) is 24.3 Å². The lowest BCUT2D eigenvalue weighted by Gasteiger charge is -2.42. The van der Waals surface area contributed by atoms with Crippen molar-refractivity contribution in [2.24, 2.45) is 5.73 Å². The Labute approximate surface area is 155 Å². The van der Waals surface area contributed by atoms with E-state index < -0.39 is 55.2 Å². The van der Waals surface area contributed by atoms with Crippen molar-refractivity contribution in [3.63, 3.8) is 0 Å². The average molecular weight is 384 g/mol. The van der Waals surface area contributed by atoms with E-state index in [2.05, 4.69) is 5.32 Å². The minimum atomic E-state index is -1.40. The fourth-order valence-corrected chi connectivity index (χ4v) is 2.75. The van der Waals surface area contributed by atoms with Crippen molar-refractivity contribution in [3.05, 3.63) is 29.8 Å². The Hall–Kier alpha value is -2.24. The second-order valence-corrected chi connectivity index (χ2v) is 6.34. The number of carbonyl (C=O) groups is 2. The first-order valence-corrected chi connectivity index (χ1v) is 8.36. The van der Waals surface area contributed by atoms with E-state index >= 15 is 0 Å². The third-order valence-electron chi connectivity index (χ3n) is 4.20. The number of amides is 1. The van der Waals surface area contributed by atoms with Crippen molar-refractivity contribution in [2.45, 2.75) is 50.0 Å². The van der Waals surface area contributed by atoms with Crippen molar-refractivity contribution in [2.75, 3.05) is 6.61 Å². The second kappa shape index (κ2) is 9.11. The van der Waals surface area contributed by atoms with Crippen LogP contribution < -0.4 is 15.8 Å². The average Bonchev–Trinajstić information content (AvgIpc) is 2.62.